The molecule has 2 fully saturated rings. The first kappa shape index (κ1) is 17.2. The lowest BCUT2D eigenvalue weighted by atomic mass is 9.84. The van der Waals surface area contributed by atoms with E-state index in [9.17, 15) is 19.5 Å². The lowest BCUT2D eigenvalue weighted by Crippen LogP contribution is -2.55. The predicted octanol–water partition coefficient (Wildman–Crippen LogP) is 2.77. The number of carbonyl (C=O) groups is 3. The molecule has 0 radical (unpaired) electrons. The maximum Gasteiger partial charge on any atom is 0.326 e. The number of ether oxygens (including phenoxy) is 1. The zero-order valence-corrected chi connectivity index (χ0v) is 18.1. The third kappa shape index (κ3) is 5.64. The number of carbonyl (C=O) groups excluding carboxylic acids is 2. The number of amides is 1. The first-order valence-electron chi connectivity index (χ1n) is 13.5. The van der Waals surface area contributed by atoms with E-state index in [0.29, 0.717) is 6.42 Å². The van der Waals surface area contributed by atoms with E-state index >= 15 is 0 Å². The summed E-state index contributed by atoms with van der Waals surface area (Å²) >= 11 is 0. The highest BCUT2D eigenvalue weighted by molar-refractivity contribution is 5.88. The number of hydrogen-bond donors (Lipinski definition) is 2. The summed E-state index contributed by atoms with van der Waals surface area (Å²) in [5.41, 5.74) is 0.0756. The van der Waals surface area contributed by atoms with Gasteiger partial charge in [-0.3, -0.25) is 14.9 Å². The Morgan fingerprint density at radius 2 is 1.97 bits per heavy atom. The molecule has 4 unspecified atom stereocenters. The molecule has 0 bridgehead atoms. The van der Waals surface area contributed by atoms with E-state index in [1.165, 1.54) is 4.90 Å². The average Bonchev–Trinajstić information content (AvgIpc) is 3.25. The minimum Gasteiger partial charge on any atom is -0.480 e. The summed E-state index contributed by atoms with van der Waals surface area (Å²) in [5.74, 6) is -1.90. The highest BCUT2D eigenvalue weighted by atomic mass is 16.5. The molecule has 1 amide bonds. The second-order valence-electron chi connectivity index (χ2n) is 8.28. The van der Waals surface area contributed by atoms with Gasteiger partial charge in [0, 0.05) is 6.04 Å². The average molecular weight is 436 g/mol. The maximum absolute atomic E-state index is 13.5. The number of hydrogen-bond acceptors (Lipinski definition) is 5. The van der Waals surface area contributed by atoms with Crippen molar-refractivity contribution in [3.05, 3.63) is 35.8 Å². The molecular formula is C24H34N2O5. The van der Waals surface area contributed by atoms with Crippen molar-refractivity contribution in [2.45, 2.75) is 83.0 Å². The molecule has 1 heterocycles. The third-order valence-corrected chi connectivity index (χ3v) is 6.26. The van der Waals surface area contributed by atoms with Gasteiger partial charge in [0.1, 0.15) is 12.1 Å². The van der Waals surface area contributed by atoms with Crippen LogP contribution in [0.15, 0.2) is 30.2 Å². The summed E-state index contributed by atoms with van der Waals surface area (Å²) in [6.45, 7) is 3.32. The lowest BCUT2D eigenvalue weighted by molar-refractivity contribution is -0.152. The van der Waals surface area contributed by atoms with Crippen LogP contribution in [0.5, 0.6) is 0 Å². The predicted molar refractivity (Wildman–Crippen MR) is 116 cm³/mol. The number of rotatable bonds is 9. The summed E-state index contributed by atoms with van der Waals surface area (Å²) < 4.78 is 44.8. The van der Waals surface area contributed by atoms with Gasteiger partial charge in [0.15, 0.2) is 0 Å². The normalized spacial score (nSPS) is 27.1. The number of fused-ring (bicyclic) bond motifs is 1. The molecule has 2 aliphatic rings. The van der Waals surface area contributed by atoms with Crippen molar-refractivity contribution in [2.75, 3.05) is 6.61 Å². The van der Waals surface area contributed by atoms with Crippen molar-refractivity contribution in [3.63, 3.8) is 0 Å². The van der Waals surface area contributed by atoms with Crippen LogP contribution in [-0.4, -0.2) is 58.6 Å². The standard InChI is InChI=1S/C24H34N2O5/c1-3-31-24(30)19(14-13-17-9-5-4-6-10-17)25-16(2)22(27)26-20-12-8-7-11-18(20)15-21(26)23(28)29/h4-6,9-10,16,18-21,25H,3,7-8,11-15H2,1-2H3,(H,28,29)/t16-,18?,19?,20?,21?/m0/s1/i4D,5D,6D,9D,10D. The van der Waals surface area contributed by atoms with Gasteiger partial charge >= 0.3 is 11.9 Å². The number of carboxylic acids is 1. The molecule has 1 saturated heterocycles. The Bertz CT molecular complexity index is 994. The van der Waals surface area contributed by atoms with Crippen molar-refractivity contribution in [1.82, 2.24) is 10.2 Å². The van der Waals surface area contributed by atoms with Crippen LogP contribution in [-0.2, 0) is 25.5 Å². The van der Waals surface area contributed by atoms with E-state index in [4.69, 9.17) is 11.6 Å². The van der Waals surface area contributed by atoms with Crippen LogP contribution in [0.1, 0.15) is 64.8 Å². The molecule has 7 nitrogen and oxygen atoms in total. The largest absolute Gasteiger partial charge is 0.480 e. The molecule has 5 atom stereocenters. The molecule has 1 saturated carbocycles. The smallest absolute Gasteiger partial charge is 0.326 e. The van der Waals surface area contributed by atoms with Gasteiger partial charge in [-0.25, -0.2) is 4.79 Å². The van der Waals surface area contributed by atoms with Crippen molar-refractivity contribution in [1.29, 1.82) is 0 Å². The zero-order chi connectivity index (χ0) is 26.7. The molecule has 3 rings (SSSR count). The minimum atomic E-state index is -1.03. The minimum absolute atomic E-state index is 0.0146. The summed E-state index contributed by atoms with van der Waals surface area (Å²) in [5, 5.41) is 12.7. The summed E-state index contributed by atoms with van der Waals surface area (Å²) in [7, 11) is 0. The Labute approximate surface area is 191 Å². The summed E-state index contributed by atoms with van der Waals surface area (Å²) in [4.78, 5) is 39.6. The summed E-state index contributed by atoms with van der Waals surface area (Å²) in [6, 6.07) is -4.98. The molecule has 1 aliphatic carbocycles. The number of benzene rings is 1. The van der Waals surface area contributed by atoms with Crippen LogP contribution in [0.3, 0.4) is 0 Å². The second kappa shape index (κ2) is 10.8. The van der Waals surface area contributed by atoms with E-state index in [-0.39, 0.29) is 49.1 Å². The fourth-order valence-electron chi connectivity index (χ4n) is 4.80. The van der Waals surface area contributed by atoms with Crippen LogP contribution in [0, 0.1) is 5.92 Å². The third-order valence-electron chi connectivity index (χ3n) is 6.26. The van der Waals surface area contributed by atoms with Crippen LogP contribution in [0.2, 0.25) is 0 Å². The monoisotopic (exact) mass is 435 g/mol. The number of carboxylic acid groups (broad SMARTS) is 1. The van der Waals surface area contributed by atoms with E-state index in [1.807, 2.05) is 0 Å². The van der Waals surface area contributed by atoms with Crippen molar-refractivity contribution >= 4 is 17.8 Å². The van der Waals surface area contributed by atoms with Crippen LogP contribution in [0.25, 0.3) is 0 Å². The molecule has 0 aromatic heterocycles. The second-order valence-corrected chi connectivity index (χ2v) is 8.28. The SMILES string of the molecule is [2H]c1c([2H])c([2H])c(CCC(N[C@@H](C)C(=O)N2C(C(=O)O)CC3CCCCC32)C(=O)OCC)c([2H])c1[2H]. The Hall–Kier alpha value is -2.41. The number of nitrogens with one attached hydrogen (secondary N) is 1. The first-order chi connectivity index (χ1) is 17.0. The van der Waals surface area contributed by atoms with Gasteiger partial charge in [0.25, 0.3) is 0 Å². The van der Waals surface area contributed by atoms with Crippen LogP contribution < -0.4 is 5.32 Å². The molecule has 0 spiro atoms. The van der Waals surface area contributed by atoms with Gasteiger partial charge in [0.2, 0.25) is 5.91 Å². The maximum atomic E-state index is 13.5. The van der Waals surface area contributed by atoms with Crippen molar-refractivity contribution < 1.29 is 31.1 Å². The molecule has 1 aliphatic heterocycles. The Morgan fingerprint density at radius 3 is 2.65 bits per heavy atom. The van der Waals surface area contributed by atoms with Crippen molar-refractivity contribution in [3.8, 4) is 0 Å². The molecule has 2 N–H and O–H groups in total. The van der Waals surface area contributed by atoms with Gasteiger partial charge in [-0.15, -0.1) is 0 Å². The van der Waals surface area contributed by atoms with E-state index in [2.05, 4.69) is 5.32 Å². The highest BCUT2D eigenvalue weighted by Crippen LogP contribution is 2.40. The van der Waals surface area contributed by atoms with Gasteiger partial charge in [-0.2, -0.15) is 0 Å². The highest BCUT2D eigenvalue weighted by Gasteiger charge is 2.48. The fourth-order valence-corrected chi connectivity index (χ4v) is 4.80. The molecule has 1 aromatic rings. The van der Waals surface area contributed by atoms with Gasteiger partial charge in [0.05, 0.1) is 19.5 Å². The van der Waals surface area contributed by atoms with Crippen molar-refractivity contribution in [2.24, 2.45) is 5.92 Å². The molecule has 7 heteroatoms. The topological polar surface area (TPSA) is 95.9 Å². The number of likely N-dealkylation sites (tertiary alicyclic amines) is 1. The Balaban J connectivity index is 1.79. The molecular weight excluding hydrogens is 396 g/mol. The molecule has 1 aromatic carbocycles. The van der Waals surface area contributed by atoms with Crippen LogP contribution in [0.4, 0.5) is 0 Å². The van der Waals surface area contributed by atoms with E-state index < -0.39 is 54.1 Å². The Kier molecular flexibility index (Phi) is 5.96. The van der Waals surface area contributed by atoms with Gasteiger partial charge < -0.3 is 14.7 Å². The van der Waals surface area contributed by atoms with E-state index in [1.54, 1.807) is 13.8 Å². The molecule has 31 heavy (non-hydrogen) atoms. The van der Waals surface area contributed by atoms with Crippen LogP contribution >= 0.6 is 0 Å². The number of nitrogens with zero attached hydrogens (tertiary/aromatic N) is 1. The number of aliphatic carboxylic acids is 1. The van der Waals surface area contributed by atoms with E-state index in [0.717, 1.165) is 25.7 Å². The summed E-state index contributed by atoms with van der Waals surface area (Å²) in [6.07, 6.45) is 4.04. The Morgan fingerprint density at radius 1 is 1.26 bits per heavy atom. The number of esters is 1. The zero-order valence-electron chi connectivity index (χ0n) is 23.1. The van der Waals surface area contributed by atoms with Gasteiger partial charge in [-0.1, -0.05) is 43.1 Å². The van der Waals surface area contributed by atoms with Gasteiger partial charge in [-0.05, 0) is 57.4 Å². The fraction of sp³-hybridized carbons (Fsp3) is 0.625. The molecule has 170 valence electrons. The lowest BCUT2D eigenvalue weighted by Gasteiger charge is -2.35. The first-order valence-corrected chi connectivity index (χ1v) is 11.0. The quantitative estimate of drug-likeness (QED) is 0.579.